The van der Waals surface area contributed by atoms with E-state index in [9.17, 15) is 4.79 Å². The summed E-state index contributed by atoms with van der Waals surface area (Å²) in [6, 6.07) is 13.7. The molecule has 1 N–H and O–H groups in total. The minimum atomic E-state index is -0.144. The summed E-state index contributed by atoms with van der Waals surface area (Å²) in [4.78, 5) is 12.1. The Bertz CT molecular complexity index is 651. The van der Waals surface area contributed by atoms with E-state index in [4.69, 9.17) is 11.6 Å². The lowest BCUT2D eigenvalue weighted by molar-refractivity contribution is -0.117. The number of carbonyl (C=O) groups excluding carboxylic acids is 1. The van der Waals surface area contributed by atoms with Gasteiger partial charge >= 0.3 is 0 Å². The summed E-state index contributed by atoms with van der Waals surface area (Å²) in [5.74, 6) is -0.0842. The quantitative estimate of drug-likeness (QED) is 0.881. The normalized spacial score (nSPS) is 17.2. The van der Waals surface area contributed by atoms with Gasteiger partial charge < -0.3 is 5.32 Å². The van der Waals surface area contributed by atoms with Gasteiger partial charge in [-0.25, -0.2) is 0 Å². The van der Waals surface area contributed by atoms with Gasteiger partial charge in [0.05, 0.1) is 5.92 Å². The first-order valence-electron chi connectivity index (χ1n) is 6.30. The summed E-state index contributed by atoms with van der Waals surface area (Å²) in [6.45, 7) is 2.01. The molecule has 3 rings (SSSR count). The molecule has 96 valence electrons. The van der Waals surface area contributed by atoms with Crippen LogP contribution in [0.3, 0.4) is 0 Å². The molecule has 0 saturated carbocycles. The molecule has 1 amide bonds. The molecule has 0 fully saturated rings. The summed E-state index contributed by atoms with van der Waals surface area (Å²) in [6.07, 6.45) is 0.641. The first-order chi connectivity index (χ1) is 9.16. The van der Waals surface area contributed by atoms with Gasteiger partial charge in [-0.05, 0) is 36.1 Å². The summed E-state index contributed by atoms with van der Waals surface area (Å²) in [7, 11) is 0. The lowest BCUT2D eigenvalue weighted by Crippen LogP contribution is -2.14. The van der Waals surface area contributed by atoms with Crippen molar-refractivity contribution >= 4 is 23.2 Å². The van der Waals surface area contributed by atoms with Gasteiger partial charge in [0.25, 0.3) is 0 Å². The van der Waals surface area contributed by atoms with Crippen molar-refractivity contribution in [2.24, 2.45) is 0 Å². The molecule has 0 aliphatic carbocycles. The van der Waals surface area contributed by atoms with Gasteiger partial charge in [0.1, 0.15) is 0 Å². The van der Waals surface area contributed by atoms with Gasteiger partial charge in [-0.2, -0.15) is 0 Å². The van der Waals surface area contributed by atoms with Gasteiger partial charge in [0.15, 0.2) is 0 Å². The largest absolute Gasteiger partial charge is 0.325 e. The Hall–Kier alpha value is -1.80. The monoisotopic (exact) mass is 271 g/mol. The van der Waals surface area contributed by atoms with Crippen LogP contribution in [0.25, 0.3) is 0 Å². The molecule has 2 aromatic rings. The maximum absolute atomic E-state index is 12.1. The Morgan fingerprint density at radius 2 is 1.95 bits per heavy atom. The first-order valence-corrected chi connectivity index (χ1v) is 6.68. The van der Waals surface area contributed by atoms with Gasteiger partial charge in [0, 0.05) is 10.7 Å². The van der Waals surface area contributed by atoms with Crippen LogP contribution in [0, 0.1) is 6.92 Å². The number of nitrogens with one attached hydrogen (secondary N) is 1. The summed E-state index contributed by atoms with van der Waals surface area (Å²) in [5.41, 5.74) is 4.15. The van der Waals surface area contributed by atoms with Crippen molar-refractivity contribution in [2.75, 3.05) is 5.32 Å². The van der Waals surface area contributed by atoms with Crippen LogP contribution in [0.15, 0.2) is 42.5 Å². The number of anilines is 1. The smallest absolute Gasteiger partial charge is 0.232 e. The zero-order valence-electron chi connectivity index (χ0n) is 10.6. The van der Waals surface area contributed by atoms with E-state index < -0.39 is 0 Å². The van der Waals surface area contributed by atoms with Crippen LogP contribution in [0.5, 0.6) is 0 Å². The Kier molecular flexibility index (Phi) is 3.03. The summed E-state index contributed by atoms with van der Waals surface area (Å²) < 4.78 is 0. The maximum atomic E-state index is 12.1. The zero-order chi connectivity index (χ0) is 13.4. The molecule has 2 aromatic carbocycles. The predicted octanol–water partition coefficient (Wildman–Crippen LogP) is 3.93. The number of hydrogen-bond donors (Lipinski definition) is 1. The molecule has 0 radical (unpaired) electrons. The highest BCUT2D eigenvalue weighted by Gasteiger charge is 2.31. The van der Waals surface area contributed by atoms with Crippen molar-refractivity contribution < 1.29 is 4.79 Å². The molecule has 0 unspecified atom stereocenters. The van der Waals surface area contributed by atoms with E-state index >= 15 is 0 Å². The highest BCUT2D eigenvalue weighted by molar-refractivity contribution is 6.31. The van der Waals surface area contributed by atoms with Crippen molar-refractivity contribution in [3.63, 3.8) is 0 Å². The van der Waals surface area contributed by atoms with Crippen molar-refractivity contribution in [3.05, 3.63) is 64.2 Å². The van der Waals surface area contributed by atoms with E-state index in [1.807, 2.05) is 49.4 Å². The average molecular weight is 272 g/mol. The van der Waals surface area contributed by atoms with Gasteiger partial charge in [-0.1, -0.05) is 48.0 Å². The van der Waals surface area contributed by atoms with Crippen molar-refractivity contribution in [1.29, 1.82) is 0 Å². The van der Waals surface area contributed by atoms with Gasteiger partial charge in [-0.3, -0.25) is 4.79 Å². The number of fused-ring (bicyclic) bond motifs is 1. The van der Waals surface area contributed by atoms with Crippen LogP contribution in [-0.2, 0) is 11.2 Å². The lowest BCUT2D eigenvalue weighted by atomic mass is 9.92. The minimum Gasteiger partial charge on any atom is -0.325 e. The number of amides is 1. The van der Waals surface area contributed by atoms with E-state index in [2.05, 4.69) is 5.32 Å². The van der Waals surface area contributed by atoms with Crippen LogP contribution in [0.1, 0.15) is 22.6 Å². The average Bonchev–Trinajstić information content (AvgIpc) is 2.71. The Labute approximate surface area is 117 Å². The molecule has 19 heavy (non-hydrogen) atoms. The molecule has 1 heterocycles. The zero-order valence-corrected chi connectivity index (χ0v) is 11.4. The van der Waals surface area contributed by atoms with Crippen LogP contribution >= 0.6 is 11.6 Å². The molecule has 3 heteroatoms. The number of rotatable bonds is 2. The van der Waals surface area contributed by atoms with E-state index in [1.54, 1.807) is 0 Å². The lowest BCUT2D eigenvalue weighted by Gasteiger charge is -2.10. The number of aryl methyl sites for hydroxylation is 1. The van der Waals surface area contributed by atoms with Crippen LogP contribution in [-0.4, -0.2) is 5.91 Å². The molecule has 1 aliphatic rings. The number of para-hydroxylation sites is 1. The standard InChI is InChI=1S/C16H14ClNO/c1-10-5-4-7-12-13(16(19)18-15(10)12)9-11-6-2-3-8-14(11)17/h2-8,13H,9H2,1H3,(H,18,19)/t13-/m0/s1. The van der Waals surface area contributed by atoms with Crippen LogP contribution in [0.2, 0.25) is 5.02 Å². The summed E-state index contributed by atoms with van der Waals surface area (Å²) >= 11 is 6.18. The molecule has 0 aromatic heterocycles. The van der Waals surface area contributed by atoms with Gasteiger partial charge in [-0.15, -0.1) is 0 Å². The highest BCUT2D eigenvalue weighted by atomic mass is 35.5. The fraction of sp³-hybridized carbons (Fsp3) is 0.188. The van der Waals surface area contributed by atoms with E-state index in [1.165, 1.54) is 0 Å². The second-order valence-electron chi connectivity index (χ2n) is 4.88. The Morgan fingerprint density at radius 1 is 1.16 bits per heavy atom. The summed E-state index contributed by atoms with van der Waals surface area (Å²) in [5, 5.41) is 3.69. The third-order valence-corrected chi connectivity index (χ3v) is 4.00. The topological polar surface area (TPSA) is 29.1 Å². The molecular formula is C16H14ClNO. The van der Waals surface area contributed by atoms with Crippen molar-refractivity contribution in [2.45, 2.75) is 19.3 Å². The third-order valence-electron chi connectivity index (χ3n) is 3.63. The van der Waals surface area contributed by atoms with E-state index in [0.717, 1.165) is 27.4 Å². The Balaban J connectivity index is 1.97. The molecule has 0 saturated heterocycles. The van der Waals surface area contributed by atoms with Gasteiger partial charge in [0.2, 0.25) is 5.91 Å². The number of hydrogen-bond acceptors (Lipinski definition) is 1. The maximum Gasteiger partial charge on any atom is 0.232 e. The molecule has 1 aliphatic heterocycles. The van der Waals surface area contributed by atoms with Crippen molar-refractivity contribution in [3.8, 4) is 0 Å². The molecule has 0 bridgehead atoms. The van der Waals surface area contributed by atoms with Crippen LogP contribution < -0.4 is 5.32 Å². The van der Waals surface area contributed by atoms with Crippen molar-refractivity contribution in [1.82, 2.24) is 0 Å². The minimum absolute atomic E-state index is 0.0595. The molecule has 2 nitrogen and oxygen atoms in total. The second kappa shape index (κ2) is 4.71. The van der Waals surface area contributed by atoms with E-state index in [0.29, 0.717) is 6.42 Å². The fourth-order valence-corrected chi connectivity index (χ4v) is 2.80. The molecule has 0 spiro atoms. The number of benzene rings is 2. The number of carbonyl (C=O) groups is 1. The molecule has 1 atom stereocenters. The number of halogens is 1. The molecular weight excluding hydrogens is 258 g/mol. The predicted molar refractivity (Wildman–Crippen MR) is 77.7 cm³/mol. The highest BCUT2D eigenvalue weighted by Crippen LogP contribution is 2.37. The fourth-order valence-electron chi connectivity index (χ4n) is 2.59. The van der Waals surface area contributed by atoms with Crippen LogP contribution in [0.4, 0.5) is 5.69 Å². The second-order valence-corrected chi connectivity index (χ2v) is 5.28. The van der Waals surface area contributed by atoms with E-state index in [-0.39, 0.29) is 11.8 Å². The Morgan fingerprint density at radius 3 is 2.74 bits per heavy atom. The third kappa shape index (κ3) is 2.13. The SMILES string of the molecule is Cc1cccc2c1NC(=O)[C@H]2Cc1ccccc1Cl. The first kappa shape index (κ1) is 12.2.